The van der Waals surface area contributed by atoms with E-state index in [4.69, 9.17) is 17.3 Å². The third-order valence-corrected chi connectivity index (χ3v) is 2.94. The molecule has 2 nitrogen and oxygen atoms in total. The summed E-state index contributed by atoms with van der Waals surface area (Å²) in [5.74, 6) is 0.123. The molecule has 1 rings (SSSR count). The van der Waals surface area contributed by atoms with Crippen molar-refractivity contribution in [3.05, 3.63) is 27.2 Å². The molecule has 0 saturated heterocycles. The molecule has 0 bridgehead atoms. The Morgan fingerprint density at radius 2 is 2.08 bits per heavy atom. The second-order valence-electron chi connectivity index (χ2n) is 2.59. The molecule has 1 atom stereocenters. The minimum atomic E-state index is -0.196. The van der Waals surface area contributed by atoms with Gasteiger partial charge in [0.05, 0.1) is 9.50 Å². The van der Waals surface area contributed by atoms with Crippen molar-refractivity contribution in [3.8, 4) is 5.75 Å². The first-order valence-corrected chi connectivity index (χ1v) is 4.63. The number of hydrogen-bond acceptors (Lipinski definition) is 2. The maximum absolute atomic E-state index is 9.54. The fourth-order valence-corrected chi connectivity index (χ4v) is 1.44. The van der Waals surface area contributed by atoms with Crippen molar-refractivity contribution >= 4 is 39.9 Å². The molecule has 0 unspecified atom stereocenters. The van der Waals surface area contributed by atoms with Crippen LogP contribution in [0, 0.1) is 0 Å². The second-order valence-corrected chi connectivity index (χ2v) is 3.79. The van der Waals surface area contributed by atoms with Crippen LogP contribution in [0.5, 0.6) is 5.75 Å². The number of phenolic OH excluding ortho intramolecular Hbond substituents is 1. The zero-order valence-corrected chi connectivity index (χ0v) is 10.1. The second kappa shape index (κ2) is 5.05. The zero-order valence-electron chi connectivity index (χ0n) is 6.92. The molecule has 0 spiro atoms. The van der Waals surface area contributed by atoms with Crippen LogP contribution in [0.25, 0.3) is 0 Å². The molecule has 74 valence electrons. The topological polar surface area (TPSA) is 46.2 Å². The predicted molar refractivity (Wildman–Crippen MR) is 60.7 cm³/mol. The lowest BCUT2D eigenvalue weighted by molar-refractivity contribution is 0.460. The molecule has 0 amide bonds. The van der Waals surface area contributed by atoms with Gasteiger partial charge in [0.15, 0.2) is 0 Å². The van der Waals surface area contributed by atoms with Crippen LogP contribution in [-0.2, 0) is 0 Å². The maximum atomic E-state index is 9.54. The number of benzene rings is 1. The maximum Gasteiger partial charge on any atom is 0.136 e. The summed E-state index contributed by atoms with van der Waals surface area (Å²) in [5, 5.41) is 10.0. The Hall–Kier alpha value is 0.0400. The molecule has 1 aromatic rings. The zero-order chi connectivity index (χ0) is 9.30. The Bertz CT molecular complexity index is 304. The van der Waals surface area contributed by atoms with E-state index in [0.29, 0.717) is 15.1 Å². The molecule has 0 fully saturated rings. The van der Waals surface area contributed by atoms with Crippen molar-refractivity contribution in [1.82, 2.24) is 0 Å². The number of phenols is 1. The summed E-state index contributed by atoms with van der Waals surface area (Å²) in [6.07, 6.45) is 0. The molecular formula is C8H10BrCl2NO. The highest BCUT2D eigenvalue weighted by atomic mass is 79.9. The van der Waals surface area contributed by atoms with Crippen molar-refractivity contribution < 1.29 is 5.11 Å². The molecule has 0 heterocycles. The third kappa shape index (κ3) is 2.74. The molecule has 13 heavy (non-hydrogen) atoms. The smallest absolute Gasteiger partial charge is 0.136 e. The summed E-state index contributed by atoms with van der Waals surface area (Å²) in [7, 11) is 0. The van der Waals surface area contributed by atoms with Crippen LogP contribution in [0.3, 0.4) is 0 Å². The number of halogens is 3. The van der Waals surface area contributed by atoms with Gasteiger partial charge in [-0.3, -0.25) is 0 Å². The first kappa shape index (κ1) is 13.0. The van der Waals surface area contributed by atoms with E-state index in [1.54, 1.807) is 19.1 Å². The average molecular weight is 287 g/mol. The first-order chi connectivity index (χ1) is 5.54. The molecule has 0 aliphatic heterocycles. The monoisotopic (exact) mass is 285 g/mol. The van der Waals surface area contributed by atoms with Gasteiger partial charge in [0.2, 0.25) is 0 Å². The highest BCUT2D eigenvalue weighted by Gasteiger charge is 2.11. The molecule has 3 N–H and O–H groups in total. The van der Waals surface area contributed by atoms with E-state index in [1.165, 1.54) is 0 Å². The lowest BCUT2D eigenvalue weighted by atomic mass is 10.1. The lowest BCUT2D eigenvalue weighted by Crippen LogP contribution is -2.05. The largest absolute Gasteiger partial charge is 0.506 e. The molecule has 0 radical (unpaired) electrons. The summed E-state index contributed by atoms with van der Waals surface area (Å²) in [6, 6.07) is 3.22. The van der Waals surface area contributed by atoms with E-state index in [2.05, 4.69) is 15.9 Å². The molecule has 0 aliphatic rings. The summed E-state index contributed by atoms with van der Waals surface area (Å²) >= 11 is 8.90. The van der Waals surface area contributed by atoms with Gasteiger partial charge in [-0.25, -0.2) is 0 Å². The normalized spacial score (nSPS) is 12.0. The number of hydrogen-bond donors (Lipinski definition) is 2. The van der Waals surface area contributed by atoms with Crippen molar-refractivity contribution in [2.75, 3.05) is 0 Å². The van der Waals surface area contributed by atoms with Gasteiger partial charge in [-0.15, -0.1) is 12.4 Å². The Labute approximate surface area is 96.6 Å². The Kier molecular flexibility index (Phi) is 5.07. The van der Waals surface area contributed by atoms with Crippen LogP contribution in [0.1, 0.15) is 18.5 Å². The predicted octanol–water partition coefficient (Wildman–Crippen LogP) is 3.25. The molecule has 0 aliphatic carbocycles. The van der Waals surface area contributed by atoms with E-state index >= 15 is 0 Å². The molecular weight excluding hydrogens is 277 g/mol. The van der Waals surface area contributed by atoms with Crippen LogP contribution in [-0.4, -0.2) is 5.11 Å². The van der Waals surface area contributed by atoms with E-state index in [0.717, 1.165) is 0 Å². The Balaban J connectivity index is 0.00000144. The van der Waals surface area contributed by atoms with Crippen molar-refractivity contribution in [3.63, 3.8) is 0 Å². The molecule has 1 aromatic carbocycles. The van der Waals surface area contributed by atoms with E-state index in [1.807, 2.05) is 0 Å². The minimum Gasteiger partial charge on any atom is -0.506 e. The van der Waals surface area contributed by atoms with Gasteiger partial charge >= 0.3 is 0 Å². The van der Waals surface area contributed by atoms with Gasteiger partial charge in [-0.1, -0.05) is 17.7 Å². The Morgan fingerprint density at radius 1 is 1.54 bits per heavy atom. The van der Waals surface area contributed by atoms with Gasteiger partial charge in [-0.05, 0) is 28.9 Å². The van der Waals surface area contributed by atoms with E-state index in [9.17, 15) is 5.11 Å². The molecule has 0 aromatic heterocycles. The van der Waals surface area contributed by atoms with Gasteiger partial charge < -0.3 is 10.8 Å². The van der Waals surface area contributed by atoms with Crippen molar-refractivity contribution in [2.24, 2.45) is 5.73 Å². The highest BCUT2D eigenvalue weighted by molar-refractivity contribution is 9.10. The number of aromatic hydroxyl groups is 1. The lowest BCUT2D eigenvalue weighted by Gasteiger charge is -2.09. The SMILES string of the molecule is C[C@@H](N)c1ccc(Cl)c(Br)c1O.Cl. The van der Waals surface area contributed by atoms with Gasteiger partial charge in [-0.2, -0.15) is 0 Å². The summed E-state index contributed by atoms with van der Waals surface area (Å²) < 4.78 is 0.499. The fraction of sp³-hybridized carbons (Fsp3) is 0.250. The van der Waals surface area contributed by atoms with Gasteiger partial charge in [0, 0.05) is 11.6 Å². The first-order valence-electron chi connectivity index (χ1n) is 3.46. The Morgan fingerprint density at radius 3 is 2.54 bits per heavy atom. The van der Waals surface area contributed by atoms with E-state index < -0.39 is 0 Å². The highest BCUT2D eigenvalue weighted by Crippen LogP contribution is 2.36. The summed E-state index contributed by atoms with van der Waals surface area (Å²) in [6.45, 7) is 1.80. The number of nitrogens with two attached hydrogens (primary N) is 1. The quantitative estimate of drug-likeness (QED) is 0.832. The van der Waals surface area contributed by atoms with Crippen molar-refractivity contribution in [1.29, 1.82) is 0 Å². The summed E-state index contributed by atoms with van der Waals surface area (Å²) in [5.41, 5.74) is 6.30. The van der Waals surface area contributed by atoms with Crippen LogP contribution in [0.2, 0.25) is 5.02 Å². The van der Waals surface area contributed by atoms with Crippen LogP contribution in [0.4, 0.5) is 0 Å². The molecule has 5 heteroatoms. The van der Waals surface area contributed by atoms with Gasteiger partial charge in [0.1, 0.15) is 5.75 Å². The summed E-state index contributed by atoms with van der Waals surface area (Å²) in [4.78, 5) is 0. The van der Waals surface area contributed by atoms with Crippen LogP contribution < -0.4 is 5.73 Å². The molecule has 0 saturated carbocycles. The van der Waals surface area contributed by atoms with Gasteiger partial charge in [0.25, 0.3) is 0 Å². The third-order valence-electron chi connectivity index (χ3n) is 1.59. The fourth-order valence-electron chi connectivity index (χ4n) is 0.922. The van der Waals surface area contributed by atoms with Crippen LogP contribution >= 0.6 is 39.9 Å². The number of rotatable bonds is 1. The standard InChI is InChI=1S/C8H9BrClNO.ClH/c1-4(11)5-2-3-6(10)7(9)8(5)12;/h2-4,12H,11H2,1H3;1H/t4-;/m1./s1. The van der Waals surface area contributed by atoms with E-state index in [-0.39, 0.29) is 24.2 Å². The average Bonchev–Trinajstić information content (AvgIpc) is 2.00. The van der Waals surface area contributed by atoms with Crippen molar-refractivity contribution in [2.45, 2.75) is 13.0 Å². The van der Waals surface area contributed by atoms with Crippen LogP contribution in [0.15, 0.2) is 16.6 Å². The minimum absolute atomic E-state index is 0.